The number of nitrogens with zero attached hydrogens (tertiary/aromatic N) is 2. The van der Waals surface area contributed by atoms with E-state index in [0.717, 1.165) is 12.1 Å². The van der Waals surface area contributed by atoms with Gasteiger partial charge in [-0.1, -0.05) is 17.3 Å². The Bertz CT molecular complexity index is 638. The summed E-state index contributed by atoms with van der Waals surface area (Å²) in [5.74, 6) is -0.895. The van der Waals surface area contributed by atoms with Crippen molar-refractivity contribution < 1.29 is 27.6 Å². The molecule has 0 saturated carbocycles. The van der Waals surface area contributed by atoms with Crippen LogP contribution in [-0.4, -0.2) is 34.3 Å². The van der Waals surface area contributed by atoms with E-state index in [4.69, 9.17) is 9.63 Å². The van der Waals surface area contributed by atoms with Gasteiger partial charge in [0.2, 0.25) is 5.82 Å². The molecule has 2 aromatic rings. The molecule has 9 heteroatoms. The van der Waals surface area contributed by atoms with Crippen LogP contribution < -0.4 is 5.32 Å². The number of aliphatic hydroxyl groups excluding tert-OH is 1. The van der Waals surface area contributed by atoms with Gasteiger partial charge in [-0.2, -0.15) is 18.2 Å². The van der Waals surface area contributed by atoms with E-state index in [1.807, 2.05) is 0 Å². The third kappa shape index (κ3) is 3.82. The number of benzene rings is 1. The molecule has 0 unspecified atom stereocenters. The quantitative estimate of drug-likeness (QED) is 0.822. The molecule has 0 saturated heterocycles. The second kappa shape index (κ2) is 6.56. The molecule has 1 heterocycles. The number of alkyl halides is 3. The molecule has 1 aromatic heterocycles. The molecule has 2 rings (SSSR count). The second-order valence-electron chi connectivity index (χ2n) is 4.33. The van der Waals surface area contributed by atoms with Crippen molar-refractivity contribution in [2.45, 2.75) is 12.6 Å². The third-order valence-electron chi connectivity index (χ3n) is 2.71. The van der Waals surface area contributed by atoms with E-state index in [0.29, 0.717) is 12.0 Å². The molecule has 118 valence electrons. The van der Waals surface area contributed by atoms with Crippen molar-refractivity contribution in [3.8, 4) is 11.4 Å². The van der Waals surface area contributed by atoms with Gasteiger partial charge >= 0.3 is 18.0 Å². The van der Waals surface area contributed by atoms with E-state index in [9.17, 15) is 18.0 Å². The van der Waals surface area contributed by atoms with Gasteiger partial charge in [0.1, 0.15) is 0 Å². The third-order valence-corrected chi connectivity index (χ3v) is 2.71. The Labute approximate surface area is 123 Å². The highest BCUT2D eigenvalue weighted by Crippen LogP contribution is 2.30. The fourth-order valence-electron chi connectivity index (χ4n) is 1.60. The standard InChI is InChI=1S/C13H12F3N3O3/c14-13(15,16)9-4-2-8(3-5-9)10-18-12(22-19-10)11(21)17-6-1-7-20/h2-5,20H,1,6-7H2,(H,17,21). The fourth-order valence-corrected chi connectivity index (χ4v) is 1.60. The molecule has 6 nitrogen and oxygen atoms in total. The predicted octanol–water partition coefficient (Wildman–Crippen LogP) is 1.87. The van der Waals surface area contributed by atoms with Gasteiger partial charge in [-0.25, -0.2) is 0 Å². The second-order valence-corrected chi connectivity index (χ2v) is 4.33. The lowest BCUT2D eigenvalue weighted by atomic mass is 10.1. The normalized spacial score (nSPS) is 11.5. The number of carbonyl (C=O) groups excluding carboxylic acids is 1. The van der Waals surface area contributed by atoms with Gasteiger partial charge < -0.3 is 14.9 Å². The van der Waals surface area contributed by atoms with Crippen LogP contribution in [0.15, 0.2) is 28.8 Å². The van der Waals surface area contributed by atoms with Crippen molar-refractivity contribution in [3.05, 3.63) is 35.7 Å². The number of hydrogen-bond acceptors (Lipinski definition) is 5. The summed E-state index contributed by atoms with van der Waals surface area (Å²) in [4.78, 5) is 15.4. The number of aliphatic hydroxyl groups is 1. The first-order chi connectivity index (χ1) is 10.4. The van der Waals surface area contributed by atoms with Crippen molar-refractivity contribution in [1.82, 2.24) is 15.5 Å². The van der Waals surface area contributed by atoms with Crippen LogP contribution in [0.5, 0.6) is 0 Å². The van der Waals surface area contributed by atoms with Crippen LogP contribution in [0.25, 0.3) is 11.4 Å². The smallest absolute Gasteiger partial charge is 0.396 e. The van der Waals surface area contributed by atoms with Crippen LogP contribution in [0.4, 0.5) is 13.2 Å². The van der Waals surface area contributed by atoms with Gasteiger partial charge in [-0.15, -0.1) is 0 Å². The lowest BCUT2D eigenvalue weighted by Crippen LogP contribution is -2.25. The Morgan fingerprint density at radius 2 is 1.95 bits per heavy atom. The van der Waals surface area contributed by atoms with Crippen molar-refractivity contribution >= 4 is 5.91 Å². The molecule has 0 aliphatic heterocycles. The summed E-state index contributed by atoms with van der Waals surface area (Å²) >= 11 is 0. The molecule has 2 N–H and O–H groups in total. The van der Waals surface area contributed by atoms with Crippen LogP contribution in [0.1, 0.15) is 22.7 Å². The highest BCUT2D eigenvalue weighted by molar-refractivity contribution is 5.89. The molecular formula is C13H12F3N3O3. The van der Waals surface area contributed by atoms with Crippen LogP contribution in [0.3, 0.4) is 0 Å². The van der Waals surface area contributed by atoms with Crippen LogP contribution in [-0.2, 0) is 6.18 Å². The Kier molecular flexibility index (Phi) is 4.76. The van der Waals surface area contributed by atoms with Crippen molar-refractivity contribution in [1.29, 1.82) is 0 Å². The number of aromatic nitrogens is 2. The van der Waals surface area contributed by atoms with E-state index in [2.05, 4.69) is 15.5 Å². The Morgan fingerprint density at radius 3 is 2.55 bits per heavy atom. The molecule has 0 aliphatic carbocycles. The summed E-state index contributed by atoms with van der Waals surface area (Å²) < 4.78 is 42.1. The average Bonchev–Trinajstić information content (AvgIpc) is 2.96. The number of carbonyl (C=O) groups is 1. The first-order valence-corrected chi connectivity index (χ1v) is 6.32. The largest absolute Gasteiger partial charge is 0.416 e. The predicted molar refractivity (Wildman–Crippen MR) is 68.8 cm³/mol. The molecule has 0 radical (unpaired) electrons. The summed E-state index contributed by atoms with van der Waals surface area (Å²) in [6.07, 6.45) is -4.04. The zero-order valence-electron chi connectivity index (χ0n) is 11.2. The highest BCUT2D eigenvalue weighted by Gasteiger charge is 2.30. The van der Waals surface area contributed by atoms with Crippen LogP contribution in [0, 0.1) is 0 Å². The highest BCUT2D eigenvalue weighted by atomic mass is 19.4. The van der Waals surface area contributed by atoms with Crippen molar-refractivity contribution in [2.24, 2.45) is 0 Å². The summed E-state index contributed by atoms with van der Waals surface area (Å²) in [5.41, 5.74) is -0.493. The van der Waals surface area contributed by atoms with Crippen molar-refractivity contribution in [2.75, 3.05) is 13.2 Å². The first-order valence-electron chi connectivity index (χ1n) is 6.32. The summed E-state index contributed by atoms with van der Waals surface area (Å²) in [5, 5.41) is 14.6. The van der Waals surface area contributed by atoms with Gasteiger partial charge in [0, 0.05) is 18.7 Å². The SMILES string of the molecule is O=C(NCCCO)c1nc(-c2ccc(C(F)(F)F)cc2)no1. The zero-order valence-corrected chi connectivity index (χ0v) is 11.2. The average molecular weight is 315 g/mol. The number of nitrogens with one attached hydrogen (secondary N) is 1. The summed E-state index contributed by atoms with van der Waals surface area (Å²) in [6, 6.07) is 4.18. The Balaban J connectivity index is 2.09. The van der Waals surface area contributed by atoms with E-state index in [1.165, 1.54) is 12.1 Å². The monoisotopic (exact) mass is 315 g/mol. The Morgan fingerprint density at radius 1 is 1.27 bits per heavy atom. The maximum absolute atomic E-state index is 12.5. The Hall–Kier alpha value is -2.42. The minimum atomic E-state index is -4.42. The van der Waals surface area contributed by atoms with E-state index in [1.54, 1.807) is 0 Å². The lowest BCUT2D eigenvalue weighted by molar-refractivity contribution is -0.137. The minimum Gasteiger partial charge on any atom is -0.396 e. The maximum Gasteiger partial charge on any atom is 0.416 e. The van der Waals surface area contributed by atoms with Gasteiger partial charge in [0.05, 0.1) is 5.56 Å². The lowest BCUT2D eigenvalue weighted by Gasteiger charge is -2.05. The summed E-state index contributed by atoms with van der Waals surface area (Å²) in [6.45, 7) is 0.175. The van der Waals surface area contributed by atoms with E-state index in [-0.39, 0.29) is 24.9 Å². The van der Waals surface area contributed by atoms with Crippen LogP contribution >= 0.6 is 0 Å². The van der Waals surface area contributed by atoms with E-state index < -0.39 is 17.6 Å². The molecule has 0 fully saturated rings. The maximum atomic E-state index is 12.5. The first kappa shape index (κ1) is 16.0. The fraction of sp³-hybridized carbons (Fsp3) is 0.308. The van der Waals surface area contributed by atoms with Crippen LogP contribution in [0.2, 0.25) is 0 Å². The number of halogens is 3. The molecule has 0 spiro atoms. The molecule has 22 heavy (non-hydrogen) atoms. The van der Waals surface area contributed by atoms with Gasteiger partial charge in [0.15, 0.2) is 0 Å². The zero-order chi connectivity index (χ0) is 16.2. The van der Waals surface area contributed by atoms with Gasteiger partial charge in [-0.05, 0) is 18.6 Å². The topological polar surface area (TPSA) is 88.2 Å². The molecule has 0 atom stereocenters. The number of hydrogen-bond donors (Lipinski definition) is 2. The molecular weight excluding hydrogens is 303 g/mol. The molecule has 0 aliphatic rings. The number of amides is 1. The number of rotatable bonds is 5. The van der Waals surface area contributed by atoms with Gasteiger partial charge in [-0.3, -0.25) is 4.79 Å². The molecule has 1 amide bonds. The molecule has 1 aromatic carbocycles. The van der Waals surface area contributed by atoms with Crippen molar-refractivity contribution in [3.63, 3.8) is 0 Å². The van der Waals surface area contributed by atoms with E-state index >= 15 is 0 Å². The minimum absolute atomic E-state index is 0.0148. The van der Waals surface area contributed by atoms with Gasteiger partial charge in [0.25, 0.3) is 0 Å². The molecule has 0 bridgehead atoms. The summed E-state index contributed by atoms with van der Waals surface area (Å²) in [7, 11) is 0.